The Morgan fingerprint density at radius 2 is 0.885 bits per heavy atom. The van der Waals surface area contributed by atoms with Crippen LogP contribution in [-0.4, -0.2) is 0 Å². The molecule has 0 aliphatic heterocycles. The first kappa shape index (κ1) is 25.7. The summed E-state index contributed by atoms with van der Waals surface area (Å²) in [4.78, 5) is 0. The Kier molecular flexibility index (Phi) is 22.6. The minimum atomic E-state index is 0.990. The fraction of sp³-hybridized carbons (Fsp3) is 0.923. The van der Waals surface area contributed by atoms with Crippen molar-refractivity contribution < 1.29 is 0 Å². The van der Waals surface area contributed by atoms with Gasteiger partial charge in [-0.2, -0.15) is 0 Å². The zero-order chi connectivity index (χ0) is 19.1. The number of rotatable bonds is 21. The van der Waals surface area contributed by atoms with Crippen molar-refractivity contribution in [3.8, 4) is 0 Å². The highest BCUT2D eigenvalue weighted by Crippen LogP contribution is 2.23. The average Bonchev–Trinajstić information content (AvgIpc) is 2.66. The van der Waals surface area contributed by atoms with Crippen LogP contribution in [0.1, 0.15) is 149 Å². The van der Waals surface area contributed by atoms with Crippen LogP contribution in [0, 0.1) is 5.92 Å². The maximum Gasteiger partial charge on any atom is -0.0348 e. The third-order valence-corrected chi connectivity index (χ3v) is 5.81. The number of unbranched alkanes of at least 4 members (excludes halogenated alkanes) is 13. The van der Waals surface area contributed by atoms with Gasteiger partial charge in [0.15, 0.2) is 0 Å². The van der Waals surface area contributed by atoms with E-state index in [0.717, 1.165) is 5.92 Å². The SMILES string of the molecule is CCCCCC=CCCC(CCCC)CCCCCCCCCCCC. The Morgan fingerprint density at radius 1 is 0.423 bits per heavy atom. The molecule has 0 nitrogen and oxygen atoms in total. The van der Waals surface area contributed by atoms with E-state index in [1.165, 1.54) is 128 Å². The van der Waals surface area contributed by atoms with Crippen LogP contribution in [0.5, 0.6) is 0 Å². The Balaban J connectivity index is 3.61. The van der Waals surface area contributed by atoms with Gasteiger partial charge in [-0.15, -0.1) is 0 Å². The van der Waals surface area contributed by atoms with Gasteiger partial charge in [0.2, 0.25) is 0 Å². The van der Waals surface area contributed by atoms with Crippen molar-refractivity contribution in [2.24, 2.45) is 5.92 Å². The fourth-order valence-corrected chi connectivity index (χ4v) is 3.93. The molecule has 0 saturated carbocycles. The van der Waals surface area contributed by atoms with Gasteiger partial charge in [0, 0.05) is 0 Å². The van der Waals surface area contributed by atoms with Gasteiger partial charge in [-0.05, 0) is 31.6 Å². The molecule has 0 bridgehead atoms. The third kappa shape index (κ3) is 20.1. The molecule has 0 amide bonds. The summed E-state index contributed by atoms with van der Waals surface area (Å²) in [7, 11) is 0. The maximum absolute atomic E-state index is 2.47. The standard InChI is InChI=1S/C26H52/c1-4-7-10-12-14-15-16-18-20-22-25-26(23-9-6-3)24-21-19-17-13-11-8-5-2/h17,19,26H,4-16,18,20-25H2,1-3H3. The second-order valence-electron chi connectivity index (χ2n) is 8.52. The van der Waals surface area contributed by atoms with E-state index >= 15 is 0 Å². The molecule has 0 aliphatic rings. The second-order valence-corrected chi connectivity index (χ2v) is 8.52. The minimum absolute atomic E-state index is 0.990. The van der Waals surface area contributed by atoms with Crippen LogP contribution in [-0.2, 0) is 0 Å². The lowest BCUT2D eigenvalue weighted by Gasteiger charge is -2.15. The number of allylic oxidation sites excluding steroid dienone is 2. The van der Waals surface area contributed by atoms with E-state index in [1.807, 2.05) is 0 Å². The van der Waals surface area contributed by atoms with E-state index in [-0.39, 0.29) is 0 Å². The van der Waals surface area contributed by atoms with Gasteiger partial charge in [-0.3, -0.25) is 0 Å². The molecule has 0 heteroatoms. The number of hydrogen-bond acceptors (Lipinski definition) is 0. The van der Waals surface area contributed by atoms with Crippen molar-refractivity contribution in [1.82, 2.24) is 0 Å². The molecule has 1 atom stereocenters. The molecular formula is C26H52. The van der Waals surface area contributed by atoms with Crippen molar-refractivity contribution in [3.63, 3.8) is 0 Å². The van der Waals surface area contributed by atoms with E-state index in [1.54, 1.807) is 0 Å². The van der Waals surface area contributed by atoms with Gasteiger partial charge in [0.05, 0.1) is 0 Å². The normalized spacial score (nSPS) is 12.9. The summed E-state index contributed by atoms with van der Waals surface area (Å²) < 4.78 is 0. The van der Waals surface area contributed by atoms with Gasteiger partial charge in [-0.25, -0.2) is 0 Å². The molecule has 156 valence electrons. The van der Waals surface area contributed by atoms with Gasteiger partial charge < -0.3 is 0 Å². The third-order valence-electron chi connectivity index (χ3n) is 5.81. The zero-order valence-electron chi connectivity index (χ0n) is 18.9. The van der Waals surface area contributed by atoms with Crippen molar-refractivity contribution in [1.29, 1.82) is 0 Å². The first-order valence-corrected chi connectivity index (χ1v) is 12.5. The molecule has 0 aromatic heterocycles. The topological polar surface area (TPSA) is 0 Å². The van der Waals surface area contributed by atoms with Crippen LogP contribution in [0.15, 0.2) is 12.2 Å². The summed E-state index contributed by atoms with van der Waals surface area (Å²) in [6.07, 6.45) is 33.4. The fourth-order valence-electron chi connectivity index (χ4n) is 3.93. The molecule has 0 N–H and O–H groups in total. The van der Waals surface area contributed by atoms with Crippen LogP contribution < -0.4 is 0 Å². The minimum Gasteiger partial charge on any atom is -0.0885 e. The van der Waals surface area contributed by atoms with Gasteiger partial charge in [0.1, 0.15) is 0 Å². The molecule has 0 aliphatic carbocycles. The molecule has 0 spiro atoms. The molecule has 1 unspecified atom stereocenters. The summed E-state index contributed by atoms with van der Waals surface area (Å²) in [6.45, 7) is 6.93. The largest absolute Gasteiger partial charge is 0.0885 e. The molecule has 0 rings (SSSR count). The summed E-state index contributed by atoms with van der Waals surface area (Å²) >= 11 is 0. The summed E-state index contributed by atoms with van der Waals surface area (Å²) in [5.74, 6) is 0.990. The van der Waals surface area contributed by atoms with Crippen LogP contribution in [0.2, 0.25) is 0 Å². The molecule has 26 heavy (non-hydrogen) atoms. The lowest BCUT2D eigenvalue weighted by atomic mass is 9.91. The lowest BCUT2D eigenvalue weighted by Crippen LogP contribution is -2.00. The van der Waals surface area contributed by atoms with E-state index in [9.17, 15) is 0 Å². The van der Waals surface area contributed by atoms with E-state index < -0.39 is 0 Å². The Bertz CT molecular complexity index is 265. The quantitative estimate of drug-likeness (QED) is 0.140. The summed E-state index contributed by atoms with van der Waals surface area (Å²) in [5, 5.41) is 0. The van der Waals surface area contributed by atoms with Crippen LogP contribution in [0.25, 0.3) is 0 Å². The average molecular weight is 365 g/mol. The highest BCUT2D eigenvalue weighted by atomic mass is 14.1. The van der Waals surface area contributed by atoms with Gasteiger partial charge in [0.25, 0.3) is 0 Å². The Hall–Kier alpha value is -0.260. The first-order chi connectivity index (χ1) is 12.8. The van der Waals surface area contributed by atoms with E-state index in [2.05, 4.69) is 32.9 Å². The Labute approximate surface area is 167 Å². The lowest BCUT2D eigenvalue weighted by molar-refractivity contribution is 0.388. The maximum atomic E-state index is 2.47. The predicted molar refractivity (Wildman–Crippen MR) is 122 cm³/mol. The summed E-state index contributed by atoms with van der Waals surface area (Å²) in [5.41, 5.74) is 0. The Morgan fingerprint density at radius 3 is 1.50 bits per heavy atom. The van der Waals surface area contributed by atoms with E-state index in [0.29, 0.717) is 0 Å². The van der Waals surface area contributed by atoms with Crippen molar-refractivity contribution >= 4 is 0 Å². The highest BCUT2D eigenvalue weighted by molar-refractivity contribution is 4.82. The van der Waals surface area contributed by atoms with Gasteiger partial charge in [-0.1, -0.05) is 136 Å². The molecule has 0 heterocycles. The second kappa shape index (κ2) is 22.8. The molecular weight excluding hydrogens is 312 g/mol. The van der Waals surface area contributed by atoms with Crippen molar-refractivity contribution in [2.45, 2.75) is 149 Å². The molecule has 0 radical (unpaired) electrons. The van der Waals surface area contributed by atoms with Crippen LogP contribution in [0.3, 0.4) is 0 Å². The van der Waals surface area contributed by atoms with Crippen molar-refractivity contribution in [2.75, 3.05) is 0 Å². The van der Waals surface area contributed by atoms with Crippen LogP contribution >= 0.6 is 0 Å². The van der Waals surface area contributed by atoms with Gasteiger partial charge >= 0.3 is 0 Å². The molecule has 0 aromatic carbocycles. The predicted octanol–water partition coefficient (Wildman–Crippen LogP) is 10.0. The van der Waals surface area contributed by atoms with Crippen LogP contribution in [0.4, 0.5) is 0 Å². The number of hydrogen-bond donors (Lipinski definition) is 0. The highest BCUT2D eigenvalue weighted by Gasteiger charge is 2.07. The zero-order valence-corrected chi connectivity index (χ0v) is 18.9. The smallest absolute Gasteiger partial charge is 0.0348 e. The monoisotopic (exact) mass is 364 g/mol. The summed E-state index contributed by atoms with van der Waals surface area (Å²) in [6, 6.07) is 0. The van der Waals surface area contributed by atoms with Crippen molar-refractivity contribution in [3.05, 3.63) is 12.2 Å². The first-order valence-electron chi connectivity index (χ1n) is 12.5. The molecule has 0 aromatic rings. The molecule has 0 saturated heterocycles. The van der Waals surface area contributed by atoms with E-state index in [4.69, 9.17) is 0 Å². The molecule has 0 fully saturated rings.